The lowest BCUT2D eigenvalue weighted by Gasteiger charge is -2.13. The van der Waals surface area contributed by atoms with E-state index in [2.05, 4.69) is 15.5 Å². The molecule has 1 saturated heterocycles. The molecule has 1 aliphatic heterocycles. The highest BCUT2D eigenvalue weighted by atomic mass is 32.2. The standard InChI is InChI=1S/C15H14N4O3S2/c1-2-12-17-18-14(24-12)16-11(20)8-10-13(21)19(15(22)23-10)9-6-4-3-5-7-9/h3-7,10H,2,8H2,1H3,(H,16,18,20)/t10-/m0/s1. The molecule has 1 aromatic carbocycles. The van der Waals surface area contributed by atoms with Crippen LogP contribution < -0.4 is 10.2 Å². The zero-order valence-corrected chi connectivity index (χ0v) is 14.4. The van der Waals surface area contributed by atoms with Crippen molar-refractivity contribution in [2.45, 2.75) is 25.0 Å². The molecule has 2 aromatic rings. The Morgan fingerprint density at radius 3 is 2.67 bits per heavy atom. The minimum absolute atomic E-state index is 0.0837. The van der Waals surface area contributed by atoms with Crippen LogP contribution in [0.4, 0.5) is 15.6 Å². The summed E-state index contributed by atoms with van der Waals surface area (Å²) in [6.07, 6.45) is 0.657. The molecule has 3 rings (SSSR count). The molecule has 24 heavy (non-hydrogen) atoms. The van der Waals surface area contributed by atoms with Gasteiger partial charge >= 0.3 is 0 Å². The Balaban J connectivity index is 1.64. The van der Waals surface area contributed by atoms with Crippen molar-refractivity contribution < 1.29 is 14.4 Å². The Morgan fingerprint density at radius 2 is 2.00 bits per heavy atom. The number of nitrogens with zero attached hydrogens (tertiary/aromatic N) is 3. The molecule has 0 radical (unpaired) electrons. The van der Waals surface area contributed by atoms with E-state index in [4.69, 9.17) is 0 Å². The zero-order valence-electron chi connectivity index (χ0n) is 12.8. The third kappa shape index (κ3) is 3.46. The molecule has 0 unspecified atom stereocenters. The number of thioether (sulfide) groups is 1. The Hall–Kier alpha value is -2.26. The second-order valence-corrected chi connectivity index (χ2v) is 7.20. The molecule has 1 aromatic heterocycles. The van der Waals surface area contributed by atoms with Crippen LogP contribution in [-0.4, -0.2) is 32.5 Å². The van der Waals surface area contributed by atoms with Gasteiger partial charge in [-0.05, 0) is 30.3 Å². The summed E-state index contributed by atoms with van der Waals surface area (Å²) in [7, 11) is 0. The first-order valence-electron chi connectivity index (χ1n) is 7.30. The number of hydrogen-bond acceptors (Lipinski definition) is 7. The predicted octanol–water partition coefficient (Wildman–Crippen LogP) is 2.70. The van der Waals surface area contributed by atoms with Crippen LogP contribution in [0, 0.1) is 0 Å². The number of benzene rings is 1. The quantitative estimate of drug-likeness (QED) is 0.879. The number of imide groups is 1. The maximum atomic E-state index is 12.4. The second-order valence-electron chi connectivity index (χ2n) is 4.99. The zero-order chi connectivity index (χ0) is 17.1. The van der Waals surface area contributed by atoms with E-state index in [0.717, 1.165) is 28.1 Å². The molecule has 1 atom stereocenters. The third-order valence-corrected chi connectivity index (χ3v) is 5.34. The molecule has 0 aliphatic carbocycles. The second kappa shape index (κ2) is 7.10. The van der Waals surface area contributed by atoms with E-state index in [-0.39, 0.29) is 23.5 Å². The predicted molar refractivity (Wildman–Crippen MR) is 93.2 cm³/mol. The average molecular weight is 362 g/mol. The summed E-state index contributed by atoms with van der Waals surface area (Å²) in [4.78, 5) is 37.7. The molecule has 7 nitrogen and oxygen atoms in total. The maximum Gasteiger partial charge on any atom is 0.293 e. The Labute approximate surface area is 146 Å². The maximum absolute atomic E-state index is 12.4. The van der Waals surface area contributed by atoms with Gasteiger partial charge in [0.1, 0.15) is 10.3 Å². The third-order valence-electron chi connectivity index (χ3n) is 3.32. The molecule has 1 N–H and O–H groups in total. The normalized spacial score (nSPS) is 17.4. The number of amides is 3. The first-order valence-corrected chi connectivity index (χ1v) is 9.00. The summed E-state index contributed by atoms with van der Waals surface area (Å²) >= 11 is 2.16. The summed E-state index contributed by atoms with van der Waals surface area (Å²) in [6.45, 7) is 1.95. The van der Waals surface area contributed by atoms with E-state index in [1.807, 2.05) is 6.92 Å². The van der Waals surface area contributed by atoms with Gasteiger partial charge in [0, 0.05) is 6.42 Å². The van der Waals surface area contributed by atoms with Crippen molar-refractivity contribution in [2.75, 3.05) is 10.2 Å². The van der Waals surface area contributed by atoms with Gasteiger partial charge < -0.3 is 5.32 Å². The number of carbonyl (C=O) groups excluding carboxylic acids is 3. The molecule has 1 fully saturated rings. The SMILES string of the molecule is CCc1nnc(NC(=O)C[C@@H]2SC(=O)N(c3ccccc3)C2=O)s1. The van der Waals surface area contributed by atoms with Gasteiger partial charge in [0.25, 0.3) is 5.24 Å². The molecular formula is C15H14N4O3S2. The number of anilines is 2. The van der Waals surface area contributed by atoms with Crippen molar-refractivity contribution >= 4 is 51.0 Å². The fourth-order valence-corrected chi connectivity index (χ4v) is 3.86. The highest BCUT2D eigenvalue weighted by molar-refractivity contribution is 8.15. The van der Waals surface area contributed by atoms with E-state index in [1.54, 1.807) is 30.3 Å². The van der Waals surface area contributed by atoms with Gasteiger partial charge in [-0.25, -0.2) is 4.90 Å². The fourth-order valence-electron chi connectivity index (χ4n) is 2.18. The molecule has 9 heteroatoms. The topological polar surface area (TPSA) is 92.3 Å². The lowest BCUT2D eigenvalue weighted by Crippen LogP contribution is -2.32. The molecule has 0 saturated carbocycles. The number of nitrogens with one attached hydrogen (secondary N) is 1. The van der Waals surface area contributed by atoms with E-state index in [0.29, 0.717) is 10.8 Å². The van der Waals surface area contributed by atoms with Crippen LogP contribution in [0.2, 0.25) is 0 Å². The van der Waals surface area contributed by atoms with Gasteiger partial charge in [-0.15, -0.1) is 10.2 Å². The van der Waals surface area contributed by atoms with Gasteiger partial charge in [0.05, 0.1) is 5.69 Å². The van der Waals surface area contributed by atoms with Crippen LogP contribution in [0.1, 0.15) is 18.4 Å². The van der Waals surface area contributed by atoms with E-state index in [9.17, 15) is 14.4 Å². The van der Waals surface area contributed by atoms with Crippen LogP contribution in [0.5, 0.6) is 0 Å². The number of rotatable bonds is 5. The minimum atomic E-state index is -0.726. The summed E-state index contributed by atoms with van der Waals surface area (Å²) in [5.74, 6) is -0.736. The monoisotopic (exact) mass is 362 g/mol. The Morgan fingerprint density at radius 1 is 1.25 bits per heavy atom. The lowest BCUT2D eigenvalue weighted by atomic mass is 10.2. The van der Waals surface area contributed by atoms with Crippen molar-refractivity contribution in [1.29, 1.82) is 0 Å². The minimum Gasteiger partial charge on any atom is -0.300 e. The van der Waals surface area contributed by atoms with Gasteiger partial charge in [-0.3, -0.25) is 14.4 Å². The summed E-state index contributed by atoms with van der Waals surface area (Å²) in [5.41, 5.74) is 0.514. The number of aryl methyl sites for hydroxylation is 1. The number of aromatic nitrogens is 2. The molecule has 0 bridgehead atoms. The molecule has 2 heterocycles. The average Bonchev–Trinajstić information content (AvgIpc) is 3.13. The summed E-state index contributed by atoms with van der Waals surface area (Å²) in [5, 5.41) is 10.5. The van der Waals surface area contributed by atoms with Crippen molar-refractivity contribution in [1.82, 2.24) is 10.2 Å². The van der Waals surface area contributed by atoms with Gasteiger partial charge in [0.15, 0.2) is 0 Å². The van der Waals surface area contributed by atoms with Crippen LogP contribution in [0.15, 0.2) is 30.3 Å². The van der Waals surface area contributed by atoms with Crippen LogP contribution in [0.25, 0.3) is 0 Å². The lowest BCUT2D eigenvalue weighted by molar-refractivity contribution is -0.121. The van der Waals surface area contributed by atoms with Crippen molar-refractivity contribution in [2.24, 2.45) is 0 Å². The molecule has 3 amide bonds. The summed E-state index contributed by atoms with van der Waals surface area (Å²) in [6, 6.07) is 8.68. The molecular weight excluding hydrogens is 348 g/mol. The van der Waals surface area contributed by atoms with E-state index < -0.39 is 5.25 Å². The van der Waals surface area contributed by atoms with Crippen molar-refractivity contribution in [3.63, 3.8) is 0 Å². The molecule has 124 valence electrons. The highest BCUT2D eigenvalue weighted by Gasteiger charge is 2.41. The molecule has 1 aliphatic rings. The van der Waals surface area contributed by atoms with Crippen LogP contribution >= 0.6 is 23.1 Å². The first kappa shape index (κ1) is 16.6. The molecule has 0 spiro atoms. The fraction of sp³-hybridized carbons (Fsp3) is 0.267. The smallest absolute Gasteiger partial charge is 0.293 e. The Kier molecular flexibility index (Phi) is 4.91. The van der Waals surface area contributed by atoms with Gasteiger partial charge in [-0.2, -0.15) is 0 Å². The van der Waals surface area contributed by atoms with E-state index in [1.165, 1.54) is 11.3 Å². The first-order chi connectivity index (χ1) is 11.6. The van der Waals surface area contributed by atoms with Crippen LogP contribution in [0.3, 0.4) is 0 Å². The summed E-state index contributed by atoms with van der Waals surface area (Å²) < 4.78 is 0. The van der Waals surface area contributed by atoms with Gasteiger partial charge in [0.2, 0.25) is 16.9 Å². The Bertz CT molecular complexity index is 778. The number of para-hydroxylation sites is 1. The number of carbonyl (C=O) groups is 3. The van der Waals surface area contributed by atoms with Crippen LogP contribution in [-0.2, 0) is 16.0 Å². The number of hydrogen-bond donors (Lipinski definition) is 1. The largest absolute Gasteiger partial charge is 0.300 e. The van der Waals surface area contributed by atoms with E-state index >= 15 is 0 Å². The van der Waals surface area contributed by atoms with Crippen molar-refractivity contribution in [3.05, 3.63) is 35.3 Å². The highest BCUT2D eigenvalue weighted by Crippen LogP contribution is 2.33. The van der Waals surface area contributed by atoms with Gasteiger partial charge in [-0.1, -0.05) is 36.5 Å². The van der Waals surface area contributed by atoms with Crippen molar-refractivity contribution in [3.8, 4) is 0 Å².